The molecule has 0 saturated carbocycles. The van der Waals surface area contributed by atoms with Crippen LogP contribution in [0.2, 0.25) is 0 Å². The van der Waals surface area contributed by atoms with Gasteiger partial charge in [0.05, 0.1) is 6.04 Å². The Morgan fingerprint density at radius 2 is 2.12 bits per heavy atom. The number of nitrogens with zero attached hydrogens (tertiary/aromatic N) is 2. The second-order valence-electron chi connectivity index (χ2n) is 7.15. The van der Waals surface area contributed by atoms with E-state index in [0.717, 1.165) is 25.9 Å². The molecule has 0 radical (unpaired) electrons. The molecule has 2 unspecified atom stereocenters. The molecule has 5 heteroatoms. The first-order valence-electron chi connectivity index (χ1n) is 9.24. The van der Waals surface area contributed by atoms with Gasteiger partial charge in [-0.25, -0.2) is 0 Å². The summed E-state index contributed by atoms with van der Waals surface area (Å²) < 4.78 is 1.93. The molecule has 2 N–H and O–H groups in total. The number of nitrogens with one attached hydrogen (secondary N) is 2. The number of amides is 1. The van der Waals surface area contributed by atoms with Crippen LogP contribution in [0.3, 0.4) is 0 Å². The summed E-state index contributed by atoms with van der Waals surface area (Å²) in [5, 5.41) is 10.9. The number of hydrogen-bond acceptors (Lipinski definition) is 3. The van der Waals surface area contributed by atoms with Crippen molar-refractivity contribution in [3.8, 4) is 0 Å². The lowest BCUT2D eigenvalue weighted by molar-refractivity contribution is 0.0942. The van der Waals surface area contributed by atoms with Gasteiger partial charge in [-0.2, -0.15) is 5.10 Å². The molecule has 25 heavy (non-hydrogen) atoms. The maximum atomic E-state index is 12.5. The number of piperidine rings is 1. The molecule has 0 bridgehead atoms. The maximum absolute atomic E-state index is 12.5. The lowest BCUT2D eigenvalue weighted by Gasteiger charge is -2.23. The summed E-state index contributed by atoms with van der Waals surface area (Å²) in [4.78, 5) is 12.5. The highest BCUT2D eigenvalue weighted by molar-refractivity contribution is 5.92. The second kappa shape index (κ2) is 8.30. The van der Waals surface area contributed by atoms with Crippen molar-refractivity contribution < 1.29 is 4.79 Å². The molecule has 1 saturated heterocycles. The highest BCUT2D eigenvalue weighted by atomic mass is 16.1. The van der Waals surface area contributed by atoms with Crippen LogP contribution < -0.4 is 10.6 Å². The van der Waals surface area contributed by atoms with Crippen LogP contribution in [0.4, 0.5) is 0 Å². The van der Waals surface area contributed by atoms with Crippen molar-refractivity contribution in [3.05, 3.63) is 53.9 Å². The summed E-state index contributed by atoms with van der Waals surface area (Å²) in [7, 11) is 0. The summed E-state index contributed by atoms with van der Waals surface area (Å²) >= 11 is 0. The van der Waals surface area contributed by atoms with E-state index in [0.29, 0.717) is 30.1 Å². The Morgan fingerprint density at radius 3 is 2.80 bits per heavy atom. The van der Waals surface area contributed by atoms with E-state index in [1.165, 1.54) is 5.56 Å². The van der Waals surface area contributed by atoms with Gasteiger partial charge in [-0.3, -0.25) is 9.48 Å². The van der Waals surface area contributed by atoms with E-state index in [1.807, 2.05) is 35.1 Å². The van der Waals surface area contributed by atoms with Crippen molar-refractivity contribution >= 4 is 5.91 Å². The third-order valence-corrected chi connectivity index (χ3v) is 5.00. The van der Waals surface area contributed by atoms with Gasteiger partial charge in [-0.1, -0.05) is 44.2 Å². The summed E-state index contributed by atoms with van der Waals surface area (Å²) in [5.41, 5.74) is 1.76. The number of rotatable bonds is 6. The van der Waals surface area contributed by atoms with Crippen molar-refractivity contribution in [1.82, 2.24) is 20.4 Å². The molecule has 0 spiro atoms. The van der Waals surface area contributed by atoms with Gasteiger partial charge in [-0.15, -0.1) is 0 Å². The normalized spacial score (nSPS) is 18.9. The van der Waals surface area contributed by atoms with Gasteiger partial charge in [0.25, 0.3) is 5.91 Å². The Kier molecular flexibility index (Phi) is 5.87. The van der Waals surface area contributed by atoms with E-state index >= 15 is 0 Å². The fourth-order valence-electron chi connectivity index (χ4n) is 3.45. The van der Waals surface area contributed by atoms with Gasteiger partial charge in [-0.05, 0) is 36.9 Å². The van der Waals surface area contributed by atoms with E-state index in [-0.39, 0.29) is 5.91 Å². The van der Waals surface area contributed by atoms with Crippen molar-refractivity contribution in [2.24, 2.45) is 5.92 Å². The number of hydrogen-bond donors (Lipinski definition) is 2. The lowest BCUT2D eigenvalue weighted by Crippen LogP contribution is -2.33. The zero-order valence-electron chi connectivity index (χ0n) is 15.1. The summed E-state index contributed by atoms with van der Waals surface area (Å²) in [6, 6.07) is 12.5. The minimum absolute atomic E-state index is 0.0934. The second-order valence-corrected chi connectivity index (χ2v) is 7.15. The molecule has 1 aliphatic heterocycles. The van der Waals surface area contributed by atoms with E-state index < -0.39 is 0 Å². The molecule has 5 nitrogen and oxygen atoms in total. The van der Waals surface area contributed by atoms with Crippen LogP contribution in [0, 0.1) is 5.92 Å². The van der Waals surface area contributed by atoms with Crippen molar-refractivity contribution in [1.29, 1.82) is 0 Å². The standard InChI is InChI=1S/C20H28N4O/c1-15(2)18(16-7-4-3-5-8-16)14-22-20(25)19-10-12-24(23-19)17-9-6-11-21-13-17/h3-5,7-8,10,12,15,17-18,21H,6,9,11,13-14H2,1-2H3,(H,22,25). The molecule has 1 aliphatic rings. The molecule has 3 rings (SSSR count). The van der Waals surface area contributed by atoms with Crippen LogP contribution >= 0.6 is 0 Å². The Balaban J connectivity index is 1.61. The first-order chi connectivity index (χ1) is 12.1. The fraction of sp³-hybridized carbons (Fsp3) is 0.500. The summed E-state index contributed by atoms with van der Waals surface area (Å²) in [6.45, 7) is 7.00. The molecule has 1 amide bonds. The number of carbonyl (C=O) groups is 1. The third kappa shape index (κ3) is 4.48. The predicted molar refractivity (Wildman–Crippen MR) is 99.7 cm³/mol. The predicted octanol–water partition coefficient (Wildman–Crippen LogP) is 2.98. The molecular formula is C20H28N4O. The molecule has 134 valence electrons. The SMILES string of the molecule is CC(C)C(CNC(=O)c1ccn(C2CCCNC2)n1)c1ccccc1. The number of carbonyl (C=O) groups excluding carboxylic acids is 1. The van der Waals surface area contributed by atoms with Gasteiger partial charge in [0.15, 0.2) is 0 Å². The van der Waals surface area contributed by atoms with Crippen LogP contribution in [0.5, 0.6) is 0 Å². The smallest absolute Gasteiger partial charge is 0.271 e. The van der Waals surface area contributed by atoms with Gasteiger partial charge < -0.3 is 10.6 Å². The molecule has 2 heterocycles. The van der Waals surface area contributed by atoms with Crippen LogP contribution in [0.1, 0.15) is 54.7 Å². The average Bonchev–Trinajstić information content (AvgIpc) is 3.13. The quantitative estimate of drug-likeness (QED) is 0.850. The molecule has 0 aliphatic carbocycles. The summed E-state index contributed by atoms with van der Waals surface area (Å²) in [6.07, 6.45) is 4.18. The lowest BCUT2D eigenvalue weighted by atomic mass is 9.88. The van der Waals surface area contributed by atoms with E-state index in [2.05, 4.69) is 41.7 Å². The highest BCUT2D eigenvalue weighted by Gasteiger charge is 2.20. The average molecular weight is 340 g/mol. The van der Waals surface area contributed by atoms with Gasteiger partial charge in [0.2, 0.25) is 0 Å². The van der Waals surface area contributed by atoms with Crippen molar-refractivity contribution in [2.75, 3.05) is 19.6 Å². The first-order valence-corrected chi connectivity index (χ1v) is 9.24. The monoisotopic (exact) mass is 340 g/mol. The van der Waals surface area contributed by atoms with Crippen molar-refractivity contribution in [2.45, 2.75) is 38.6 Å². The number of benzene rings is 1. The first kappa shape index (κ1) is 17.7. The fourth-order valence-corrected chi connectivity index (χ4v) is 3.45. The maximum Gasteiger partial charge on any atom is 0.271 e. The van der Waals surface area contributed by atoms with E-state index in [1.54, 1.807) is 0 Å². The zero-order valence-corrected chi connectivity index (χ0v) is 15.1. The minimum Gasteiger partial charge on any atom is -0.350 e. The van der Waals surface area contributed by atoms with Crippen LogP contribution in [-0.2, 0) is 0 Å². The molecule has 2 aromatic rings. The highest BCUT2D eigenvalue weighted by Crippen LogP contribution is 2.23. The Hall–Kier alpha value is -2.14. The number of aromatic nitrogens is 2. The molecule has 1 aromatic heterocycles. The van der Waals surface area contributed by atoms with Gasteiger partial charge in [0.1, 0.15) is 5.69 Å². The zero-order chi connectivity index (χ0) is 17.6. The van der Waals surface area contributed by atoms with E-state index in [4.69, 9.17) is 0 Å². The van der Waals surface area contributed by atoms with Crippen LogP contribution in [0.25, 0.3) is 0 Å². The van der Waals surface area contributed by atoms with E-state index in [9.17, 15) is 4.79 Å². The Bertz CT molecular complexity index is 674. The topological polar surface area (TPSA) is 59.0 Å². The Labute approximate surface area is 149 Å². The van der Waals surface area contributed by atoms with Crippen LogP contribution in [-0.4, -0.2) is 35.3 Å². The Morgan fingerprint density at radius 1 is 1.32 bits per heavy atom. The van der Waals surface area contributed by atoms with Gasteiger partial charge >= 0.3 is 0 Å². The summed E-state index contributed by atoms with van der Waals surface area (Å²) in [5.74, 6) is 0.660. The molecular weight excluding hydrogens is 312 g/mol. The largest absolute Gasteiger partial charge is 0.350 e. The van der Waals surface area contributed by atoms with Crippen LogP contribution in [0.15, 0.2) is 42.6 Å². The van der Waals surface area contributed by atoms with Crippen molar-refractivity contribution in [3.63, 3.8) is 0 Å². The molecule has 1 aromatic carbocycles. The molecule has 2 atom stereocenters. The minimum atomic E-state index is -0.0934. The van der Waals surface area contributed by atoms with Gasteiger partial charge in [0, 0.05) is 25.2 Å². The third-order valence-electron chi connectivity index (χ3n) is 5.00. The molecule has 1 fully saturated rings.